The van der Waals surface area contributed by atoms with E-state index < -0.39 is 6.09 Å². The molecule has 0 saturated carbocycles. The van der Waals surface area contributed by atoms with Gasteiger partial charge in [-0.3, -0.25) is 0 Å². The van der Waals surface area contributed by atoms with Gasteiger partial charge in [0.25, 0.3) is 0 Å². The second kappa shape index (κ2) is 8.71. The first-order valence-corrected chi connectivity index (χ1v) is 9.85. The average molecular weight is 413 g/mol. The normalized spacial score (nSPS) is 10.6. The average Bonchev–Trinajstić information content (AvgIpc) is 3.22. The maximum absolute atomic E-state index is 12.5. The Kier molecular flexibility index (Phi) is 5.66. The zero-order valence-corrected chi connectivity index (χ0v) is 17.4. The van der Waals surface area contributed by atoms with Gasteiger partial charge in [-0.15, -0.1) is 0 Å². The number of nitrogens with zero attached hydrogens (tertiary/aromatic N) is 3. The van der Waals surface area contributed by atoms with Gasteiger partial charge in [-0.2, -0.15) is 0 Å². The number of hydrogen-bond acceptors (Lipinski definition) is 5. The number of anilines is 1. The van der Waals surface area contributed by atoms with Gasteiger partial charge in [0, 0.05) is 43.2 Å². The lowest BCUT2D eigenvalue weighted by atomic mass is 10.0. The van der Waals surface area contributed by atoms with Gasteiger partial charge in [0.2, 0.25) is 11.8 Å². The van der Waals surface area contributed by atoms with Crippen LogP contribution in [0.5, 0.6) is 5.88 Å². The summed E-state index contributed by atoms with van der Waals surface area (Å²) in [6.07, 6.45) is 2.98. The molecule has 0 aliphatic rings. The highest BCUT2D eigenvalue weighted by molar-refractivity contribution is 5.81. The van der Waals surface area contributed by atoms with Crippen LogP contribution in [0.15, 0.2) is 73.1 Å². The lowest BCUT2D eigenvalue weighted by Crippen LogP contribution is -2.29. The Morgan fingerprint density at radius 2 is 1.90 bits per heavy atom. The molecule has 156 valence electrons. The summed E-state index contributed by atoms with van der Waals surface area (Å²) in [6, 6.07) is 19.5. The van der Waals surface area contributed by atoms with Gasteiger partial charge in [-0.25, -0.2) is 14.8 Å². The van der Waals surface area contributed by atoms with Gasteiger partial charge in [0.05, 0.1) is 5.69 Å². The summed E-state index contributed by atoms with van der Waals surface area (Å²) in [5.74, 6) is 0.501. The minimum atomic E-state index is -0.460. The molecule has 4 rings (SSSR count). The van der Waals surface area contributed by atoms with Gasteiger partial charge in [-0.1, -0.05) is 60.2 Å². The number of rotatable bonds is 5. The van der Waals surface area contributed by atoms with Gasteiger partial charge in [-0.05, 0) is 18.1 Å². The van der Waals surface area contributed by atoms with Gasteiger partial charge >= 0.3 is 6.09 Å². The molecule has 2 aromatic carbocycles. The van der Waals surface area contributed by atoms with Crippen LogP contribution >= 0.6 is 0 Å². The number of carbonyl (C=O) groups excluding carboxylic acids is 1. The number of aromatic nitrogens is 3. The van der Waals surface area contributed by atoms with Crippen molar-refractivity contribution in [2.45, 2.75) is 13.5 Å². The Bertz CT molecular complexity index is 1200. The molecule has 0 bridgehead atoms. The molecular weight excluding hydrogens is 390 g/mol. The summed E-state index contributed by atoms with van der Waals surface area (Å²) >= 11 is 0. The molecule has 0 aliphatic carbocycles. The number of aromatic amines is 1. The van der Waals surface area contributed by atoms with E-state index in [0.29, 0.717) is 18.1 Å². The summed E-state index contributed by atoms with van der Waals surface area (Å²) in [5, 5.41) is 0. The standard InChI is InChI=1S/C24H23N5O2/c1-16-7-6-10-18(11-16)20-14-27-23(25)28-22(20)19-12-21(26-13-19)31-24(30)29(2)15-17-8-4-3-5-9-17/h3-14,26H,15H2,1-2H3,(H2,25,27,28). The fourth-order valence-corrected chi connectivity index (χ4v) is 3.30. The predicted octanol–water partition coefficient (Wildman–Crippen LogP) is 4.66. The topological polar surface area (TPSA) is 97.1 Å². The van der Waals surface area contributed by atoms with E-state index in [1.165, 1.54) is 4.90 Å². The third kappa shape index (κ3) is 4.72. The van der Waals surface area contributed by atoms with Crippen LogP contribution in [0.3, 0.4) is 0 Å². The molecule has 0 aliphatic heterocycles. The number of aryl methyl sites for hydroxylation is 1. The lowest BCUT2D eigenvalue weighted by molar-refractivity contribution is 0.159. The van der Waals surface area contributed by atoms with Gasteiger partial charge in [0.1, 0.15) is 0 Å². The van der Waals surface area contributed by atoms with E-state index >= 15 is 0 Å². The quantitative estimate of drug-likeness (QED) is 0.496. The molecule has 0 spiro atoms. The Balaban J connectivity index is 1.55. The number of nitrogens with two attached hydrogens (primary N) is 1. The molecular formula is C24H23N5O2. The Labute approximate surface area is 180 Å². The molecule has 1 amide bonds. The van der Waals surface area contributed by atoms with Crippen molar-refractivity contribution >= 4 is 12.0 Å². The van der Waals surface area contributed by atoms with Crippen LogP contribution in [-0.4, -0.2) is 33.0 Å². The molecule has 2 heterocycles. The van der Waals surface area contributed by atoms with E-state index in [0.717, 1.165) is 27.8 Å². The maximum atomic E-state index is 12.5. The molecule has 7 nitrogen and oxygen atoms in total. The molecule has 3 N–H and O–H groups in total. The number of carbonyl (C=O) groups is 1. The van der Waals surface area contributed by atoms with Crippen LogP contribution in [0.25, 0.3) is 22.4 Å². The number of hydrogen-bond donors (Lipinski definition) is 2. The van der Waals surface area contributed by atoms with Crippen LogP contribution in [0.1, 0.15) is 11.1 Å². The van der Waals surface area contributed by atoms with Crippen molar-refractivity contribution in [3.8, 4) is 28.3 Å². The third-order valence-electron chi connectivity index (χ3n) is 4.84. The molecule has 0 fully saturated rings. The monoisotopic (exact) mass is 413 g/mol. The van der Waals surface area contributed by atoms with Crippen molar-refractivity contribution in [2.24, 2.45) is 0 Å². The highest BCUT2D eigenvalue weighted by Crippen LogP contribution is 2.32. The first-order chi connectivity index (χ1) is 15.0. The molecule has 31 heavy (non-hydrogen) atoms. The van der Waals surface area contributed by atoms with Crippen LogP contribution in [0.4, 0.5) is 10.7 Å². The highest BCUT2D eigenvalue weighted by atomic mass is 16.6. The fourth-order valence-electron chi connectivity index (χ4n) is 3.30. The zero-order valence-electron chi connectivity index (χ0n) is 17.4. The summed E-state index contributed by atoms with van der Waals surface area (Å²) in [4.78, 5) is 25.6. The second-order valence-corrected chi connectivity index (χ2v) is 7.32. The smallest absolute Gasteiger partial charge is 0.393 e. The molecule has 0 radical (unpaired) electrons. The molecule has 2 aromatic heterocycles. The highest BCUT2D eigenvalue weighted by Gasteiger charge is 2.16. The Morgan fingerprint density at radius 3 is 2.68 bits per heavy atom. The number of nitrogens with one attached hydrogen (secondary N) is 1. The van der Waals surface area contributed by atoms with E-state index in [-0.39, 0.29) is 5.95 Å². The van der Waals surface area contributed by atoms with Crippen LogP contribution in [0.2, 0.25) is 0 Å². The van der Waals surface area contributed by atoms with Crippen molar-refractivity contribution < 1.29 is 9.53 Å². The Morgan fingerprint density at radius 1 is 1.10 bits per heavy atom. The zero-order chi connectivity index (χ0) is 21.8. The molecule has 4 aromatic rings. The van der Waals surface area contributed by atoms with E-state index in [2.05, 4.69) is 21.0 Å². The predicted molar refractivity (Wildman–Crippen MR) is 120 cm³/mol. The number of H-pyrrole nitrogens is 1. The first kappa shape index (κ1) is 20.2. The molecule has 0 atom stereocenters. The van der Waals surface area contributed by atoms with Crippen molar-refractivity contribution in [1.29, 1.82) is 0 Å². The van der Waals surface area contributed by atoms with Crippen molar-refractivity contribution in [3.63, 3.8) is 0 Å². The summed E-state index contributed by atoms with van der Waals surface area (Å²) < 4.78 is 5.50. The van der Waals surface area contributed by atoms with Crippen molar-refractivity contribution in [2.75, 3.05) is 12.8 Å². The maximum Gasteiger partial charge on any atom is 0.416 e. The van der Waals surface area contributed by atoms with E-state index in [1.807, 2.05) is 55.5 Å². The van der Waals surface area contributed by atoms with E-state index in [1.54, 1.807) is 25.5 Å². The summed E-state index contributed by atoms with van der Waals surface area (Å²) in [5.41, 5.74) is 11.2. The minimum absolute atomic E-state index is 0.175. The van der Waals surface area contributed by atoms with E-state index in [9.17, 15) is 4.79 Å². The summed E-state index contributed by atoms with van der Waals surface area (Å²) in [6.45, 7) is 2.48. The Hall–Kier alpha value is -4.13. The SMILES string of the molecule is Cc1cccc(-c2cnc(N)nc2-c2c[nH]c(OC(=O)N(C)Cc3ccccc3)c2)c1. The molecule has 7 heteroatoms. The largest absolute Gasteiger partial charge is 0.416 e. The number of amides is 1. The first-order valence-electron chi connectivity index (χ1n) is 9.85. The van der Waals surface area contributed by atoms with Crippen molar-refractivity contribution in [3.05, 3.63) is 84.2 Å². The lowest BCUT2D eigenvalue weighted by Gasteiger charge is -2.16. The second-order valence-electron chi connectivity index (χ2n) is 7.32. The number of ether oxygens (including phenoxy) is 1. The molecule has 0 saturated heterocycles. The van der Waals surface area contributed by atoms with Gasteiger partial charge in [0.15, 0.2) is 0 Å². The number of nitrogen functional groups attached to an aromatic ring is 1. The summed E-state index contributed by atoms with van der Waals surface area (Å²) in [7, 11) is 1.69. The fraction of sp³-hybridized carbons (Fsp3) is 0.125. The number of benzene rings is 2. The minimum Gasteiger partial charge on any atom is -0.393 e. The van der Waals surface area contributed by atoms with Crippen molar-refractivity contribution in [1.82, 2.24) is 19.9 Å². The van der Waals surface area contributed by atoms with Crippen LogP contribution in [0, 0.1) is 6.92 Å². The van der Waals surface area contributed by atoms with E-state index in [4.69, 9.17) is 10.5 Å². The van der Waals surface area contributed by atoms with Gasteiger partial charge < -0.3 is 20.4 Å². The van der Waals surface area contributed by atoms with Crippen LogP contribution in [-0.2, 0) is 6.54 Å². The third-order valence-corrected chi connectivity index (χ3v) is 4.84. The molecule has 0 unspecified atom stereocenters. The van der Waals surface area contributed by atoms with Crippen LogP contribution < -0.4 is 10.5 Å².